The maximum absolute atomic E-state index is 5.33. The number of aromatic nitrogens is 6. The smallest absolute Gasteiger partial charge is 0.246 e. The van der Waals surface area contributed by atoms with Crippen molar-refractivity contribution < 1.29 is 9.26 Å². The van der Waals surface area contributed by atoms with Crippen molar-refractivity contribution in [1.29, 1.82) is 0 Å². The van der Waals surface area contributed by atoms with Crippen LogP contribution in [0.1, 0.15) is 5.89 Å². The van der Waals surface area contributed by atoms with Gasteiger partial charge >= 0.3 is 0 Å². The molecular weight excluding hydrogens is 346 g/mol. The molecule has 0 amide bonds. The number of nitrogens with one attached hydrogen (secondary N) is 1. The zero-order valence-electron chi connectivity index (χ0n) is 14.8. The second-order valence-electron chi connectivity index (χ2n) is 5.80. The third kappa shape index (κ3) is 3.61. The van der Waals surface area contributed by atoms with Crippen molar-refractivity contribution in [2.75, 3.05) is 12.4 Å². The monoisotopic (exact) mass is 363 g/mol. The largest absolute Gasteiger partial charge is 0.497 e. The van der Waals surface area contributed by atoms with Gasteiger partial charge in [0, 0.05) is 23.9 Å². The van der Waals surface area contributed by atoms with Crippen LogP contribution in [0.3, 0.4) is 0 Å². The topological polar surface area (TPSA) is 104 Å². The normalized spacial score (nSPS) is 10.7. The van der Waals surface area contributed by atoms with E-state index in [0.29, 0.717) is 24.1 Å². The van der Waals surface area contributed by atoms with E-state index in [2.05, 4.69) is 31.0 Å². The van der Waals surface area contributed by atoms with Crippen LogP contribution in [0, 0.1) is 0 Å². The molecule has 0 radical (unpaired) electrons. The molecule has 0 aliphatic heterocycles. The fraction of sp³-hybridized carbons (Fsp3) is 0.167. The summed E-state index contributed by atoms with van der Waals surface area (Å²) in [7, 11) is 3.43. The minimum atomic E-state index is 0.406. The summed E-state index contributed by atoms with van der Waals surface area (Å²) in [5.74, 6) is 2.50. The predicted octanol–water partition coefficient (Wildman–Crippen LogP) is 2.55. The molecule has 2 aromatic heterocycles. The molecule has 1 N–H and O–H groups in total. The number of hydrogen-bond donors (Lipinski definition) is 1. The molecule has 0 atom stereocenters. The Kier molecular flexibility index (Phi) is 4.48. The van der Waals surface area contributed by atoms with Gasteiger partial charge in [0.25, 0.3) is 0 Å². The van der Waals surface area contributed by atoms with Gasteiger partial charge in [-0.25, -0.2) is 4.68 Å². The van der Waals surface area contributed by atoms with Crippen LogP contribution in [0.25, 0.3) is 22.8 Å². The van der Waals surface area contributed by atoms with E-state index in [1.54, 1.807) is 18.8 Å². The number of benzene rings is 2. The van der Waals surface area contributed by atoms with E-state index in [1.165, 1.54) is 0 Å². The first-order chi connectivity index (χ1) is 13.2. The first kappa shape index (κ1) is 16.7. The van der Waals surface area contributed by atoms with Crippen LogP contribution in [0.15, 0.2) is 53.1 Å². The van der Waals surface area contributed by atoms with Gasteiger partial charge in [0.1, 0.15) is 5.75 Å². The maximum Gasteiger partial charge on any atom is 0.246 e. The summed E-state index contributed by atoms with van der Waals surface area (Å²) in [4.78, 5) is 4.42. The zero-order valence-corrected chi connectivity index (χ0v) is 14.8. The third-order valence-corrected chi connectivity index (χ3v) is 4.00. The molecule has 0 saturated heterocycles. The van der Waals surface area contributed by atoms with Gasteiger partial charge in [0.2, 0.25) is 11.7 Å². The van der Waals surface area contributed by atoms with E-state index < -0.39 is 0 Å². The van der Waals surface area contributed by atoms with Gasteiger partial charge in [-0.15, -0.1) is 5.10 Å². The Labute approximate surface area is 155 Å². The van der Waals surface area contributed by atoms with Crippen LogP contribution in [0.4, 0.5) is 5.69 Å². The Morgan fingerprint density at radius 2 is 1.96 bits per heavy atom. The first-order valence-corrected chi connectivity index (χ1v) is 8.26. The highest BCUT2D eigenvalue weighted by Crippen LogP contribution is 2.22. The molecule has 9 nitrogen and oxygen atoms in total. The lowest BCUT2D eigenvalue weighted by Crippen LogP contribution is -2.00. The van der Waals surface area contributed by atoms with Gasteiger partial charge in [-0.1, -0.05) is 17.3 Å². The summed E-state index contributed by atoms with van der Waals surface area (Å²) in [5, 5.41) is 18.8. The molecule has 9 heteroatoms. The Morgan fingerprint density at radius 1 is 1.11 bits per heavy atom. The quantitative estimate of drug-likeness (QED) is 0.557. The number of ether oxygens (including phenoxy) is 1. The molecule has 0 fully saturated rings. The highest BCUT2D eigenvalue weighted by molar-refractivity contribution is 5.62. The standard InChI is InChI=1S/C18H17N7O2/c1-25-18(21-23-24-25)13-4-3-5-14(10-13)19-11-16-20-17(22-27-16)12-6-8-15(26-2)9-7-12/h3-10,19H,11H2,1-2H3. The predicted molar refractivity (Wildman–Crippen MR) is 97.8 cm³/mol. The lowest BCUT2D eigenvalue weighted by molar-refractivity contribution is 0.384. The number of methoxy groups -OCH3 is 1. The summed E-state index contributed by atoms with van der Waals surface area (Å²) in [6.45, 7) is 0.406. The van der Waals surface area contributed by atoms with E-state index in [0.717, 1.165) is 22.6 Å². The Morgan fingerprint density at radius 3 is 2.70 bits per heavy atom. The molecule has 2 aromatic carbocycles. The molecule has 136 valence electrons. The number of anilines is 1. The van der Waals surface area contributed by atoms with Crippen LogP contribution in [0.5, 0.6) is 5.75 Å². The second kappa shape index (κ2) is 7.24. The summed E-state index contributed by atoms with van der Waals surface area (Å²) < 4.78 is 12.1. The van der Waals surface area contributed by atoms with E-state index in [-0.39, 0.29) is 0 Å². The molecule has 4 aromatic rings. The van der Waals surface area contributed by atoms with E-state index >= 15 is 0 Å². The Balaban J connectivity index is 1.45. The highest BCUT2D eigenvalue weighted by atomic mass is 16.5. The van der Waals surface area contributed by atoms with Gasteiger partial charge in [-0.2, -0.15) is 4.98 Å². The minimum Gasteiger partial charge on any atom is -0.497 e. The molecule has 0 saturated carbocycles. The summed E-state index contributed by atoms with van der Waals surface area (Å²) >= 11 is 0. The second-order valence-corrected chi connectivity index (χ2v) is 5.80. The number of tetrazole rings is 1. The molecule has 0 aliphatic carbocycles. The highest BCUT2D eigenvalue weighted by Gasteiger charge is 2.10. The Bertz CT molecular complexity index is 1040. The van der Waals surface area contributed by atoms with Crippen LogP contribution in [-0.4, -0.2) is 37.5 Å². The molecule has 0 spiro atoms. The van der Waals surface area contributed by atoms with E-state index in [9.17, 15) is 0 Å². The van der Waals surface area contributed by atoms with Crippen LogP contribution < -0.4 is 10.1 Å². The molecule has 2 heterocycles. The average molecular weight is 363 g/mol. The molecular formula is C18H17N7O2. The minimum absolute atomic E-state index is 0.406. The first-order valence-electron chi connectivity index (χ1n) is 8.26. The molecule has 4 rings (SSSR count). The zero-order chi connectivity index (χ0) is 18.6. The maximum atomic E-state index is 5.33. The van der Waals surface area contributed by atoms with Gasteiger partial charge in [0.15, 0.2) is 5.82 Å². The number of rotatable bonds is 6. The molecule has 0 bridgehead atoms. The third-order valence-electron chi connectivity index (χ3n) is 4.00. The lowest BCUT2D eigenvalue weighted by Gasteiger charge is -2.05. The van der Waals surface area contributed by atoms with Crippen molar-refractivity contribution in [3.63, 3.8) is 0 Å². The van der Waals surface area contributed by atoms with Crippen molar-refractivity contribution in [2.24, 2.45) is 7.05 Å². The van der Waals surface area contributed by atoms with Crippen LogP contribution in [-0.2, 0) is 13.6 Å². The molecule has 0 aliphatic rings. The average Bonchev–Trinajstić information content (AvgIpc) is 3.36. The van der Waals surface area contributed by atoms with Gasteiger partial charge in [-0.3, -0.25) is 0 Å². The van der Waals surface area contributed by atoms with E-state index in [4.69, 9.17) is 9.26 Å². The van der Waals surface area contributed by atoms with Crippen molar-refractivity contribution in [2.45, 2.75) is 6.54 Å². The van der Waals surface area contributed by atoms with Gasteiger partial charge < -0.3 is 14.6 Å². The fourth-order valence-corrected chi connectivity index (χ4v) is 2.60. The SMILES string of the molecule is COc1ccc(-c2noc(CNc3cccc(-c4nnnn4C)c3)n2)cc1. The van der Waals surface area contributed by atoms with Crippen molar-refractivity contribution >= 4 is 5.69 Å². The summed E-state index contributed by atoms with van der Waals surface area (Å²) in [5.41, 5.74) is 2.68. The summed E-state index contributed by atoms with van der Waals surface area (Å²) in [6.07, 6.45) is 0. The number of aryl methyl sites for hydroxylation is 1. The van der Waals surface area contributed by atoms with Crippen LogP contribution >= 0.6 is 0 Å². The van der Waals surface area contributed by atoms with Crippen molar-refractivity contribution in [1.82, 2.24) is 30.3 Å². The fourth-order valence-electron chi connectivity index (χ4n) is 2.60. The van der Waals surface area contributed by atoms with Crippen LogP contribution in [0.2, 0.25) is 0 Å². The van der Waals surface area contributed by atoms with Gasteiger partial charge in [-0.05, 0) is 46.8 Å². The van der Waals surface area contributed by atoms with Crippen molar-refractivity contribution in [3.05, 3.63) is 54.4 Å². The molecule has 27 heavy (non-hydrogen) atoms. The molecule has 0 unspecified atom stereocenters. The lowest BCUT2D eigenvalue weighted by atomic mass is 10.2. The van der Waals surface area contributed by atoms with Gasteiger partial charge in [0.05, 0.1) is 13.7 Å². The Hall–Kier alpha value is -3.75. The summed E-state index contributed by atoms with van der Waals surface area (Å²) in [6, 6.07) is 15.3. The number of hydrogen-bond acceptors (Lipinski definition) is 8. The van der Waals surface area contributed by atoms with E-state index in [1.807, 2.05) is 48.5 Å². The number of nitrogens with zero attached hydrogens (tertiary/aromatic N) is 6. The van der Waals surface area contributed by atoms with Crippen molar-refractivity contribution in [3.8, 4) is 28.5 Å².